The fourth-order valence-corrected chi connectivity index (χ4v) is 5.73. The molecule has 0 aliphatic carbocycles. The van der Waals surface area contributed by atoms with Crippen LogP contribution in [0.1, 0.15) is 73.3 Å². The highest BCUT2D eigenvalue weighted by Crippen LogP contribution is 2.42. The normalized spacial score (nSPS) is 17.1. The van der Waals surface area contributed by atoms with Crippen LogP contribution in [0.2, 0.25) is 0 Å². The van der Waals surface area contributed by atoms with Crippen LogP contribution in [-0.2, 0) is 5.60 Å². The molecule has 2 atom stereocenters. The van der Waals surface area contributed by atoms with Gasteiger partial charge in [0.1, 0.15) is 5.60 Å². The van der Waals surface area contributed by atoms with E-state index in [2.05, 4.69) is 11.8 Å². The molecule has 1 heterocycles. The number of piperidine rings is 1. The fourth-order valence-electron chi connectivity index (χ4n) is 5.73. The highest BCUT2D eigenvalue weighted by atomic mass is 16.3. The molecule has 0 bridgehead atoms. The van der Waals surface area contributed by atoms with Crippen molar-refractivity contribution in [1.29, 1.82) is 0 Å². The first-order chi connectivity index (χ1) is 17.6. The molecule has 0 saturated carbocycles. The number of benzene rings is 3. The maximum absolute atomic E-state index is 12.1. The van der Waals surface area contributed by atoms with E-state index >= 15 is 0 Å². The lowest BCUT2D eigenvalue weighted by molar-refractivity contribution is -0.0146. The Kier molecular flexibility index (Phi) is 9.33. The van der Waals surface area contributed by atoms with E-state index in [1.54, 1.807) is 0 Å². The molecule has 36 heavy (non-hydrogen) atoms. The van der Waals surface area contributed by atoms with Gasteiger partial charge in [-0.05, 0) is 79.9 Å². The van der Waals surface area contributed by atoms with Crippen LogP contribution in [0.25, 0.3) is 0 Å². The topological polar surface area (TPSA) is 63.9 Å². The largest absolute Gasteiger partial charge is 0.396 e. The minimum Gasteiger partial charge on any atom is -0.396 e. The molecular weight excluding hydrogens is 446 g/mol. The third-order valence-electron chi connectivity index (χ3n) is 8.06. The van der Waals surface area contributed by atoms with Crippen molar-refractivity contribution in [3.8, 4) is 0 Å². The molecular formula is C32H41NO3. The molecule has 2 unspecified atom stereocenters. The van der Waals surface area contributed by atoms with Crippen LogP contribution >= 0.6 is 0 Å². The predicted molar refractivity (Wildman–Crippen MR) is 146 cm³/mol. The minimum absolute atomic E-state index is 0.156. The van der Waals surface area contributed by atoms with Crippen LogP contribution in [0, 0.1) is 5.92 Å². The van der Waals surface area contributed by atoms with Gasteiger partial charge in [-0.2, -0.15) is 0 Å². The molecule has 4 nitrogen and oxygen atoms in total. The Bertz CT molecular complexity index is 987. The first-order valence-electron chi connectivity index (χ1n) is 13.5. The van der Waals surface area contributed by atoms with Crippen LogP contribution in [0.3, 0.4) is 0 Å². The molecule has 0 spiro atoms. The van der Waals surface area contributed by atoms with Gasteiger partial charge in [-0.25, -0.2) is 0 Å². The van der Waals surface area contributed by atoms with Gasteiger partial charge in [0.2, 0.25) is 0 Å². The second kappa shape index (κ2) is 12.6. The monoisotopic (exact) mass is 487 g/mol. The lowest BCUT2D eigenvalue weighted by Crippen LogP contribution is -2.44. The second-order valence-corrected chi connectivity index (χ2v) is 10.2. The van der Waals surface area contributed by atoms with E-state index in [9.17, 15) is 15.3 Å². The highest BCUT2D eigenvalue weighted by Gasteiger charge is 2.41. The van der Waals surface area contributed by atoms with E-state index in [4.69, 9.17) is 0 Å². The Balaban J connectivity index is 1.30. The molecule has 0 aromatic heterocycles. The number of rotatable bonds is 11. The van der Waals surface area contributed by atoms with Crippen molar-refractivity contribution < 1.29 is 15.3 Å². The van der Waals surface area contributed by atoms with Crippen molar-refractivity contribution in [2.45, 2.75) is 56.7 Å². The van der Waals surface area contributed by atoms with Crippen LogP contribution in [0.5, 0.6) is 0 Å². The molecule has 1 aliphatic heterocycles. The Morgan fingerprint density at radius 1 is 0.833 bits per heavy atom. The quantitative estimate of drug-likeness (QED) is 0.328. The Morgan fingerprint density at radius 2 is 1.36 bits per heavy atom. The van der Waals surface area contributed by atoms with Gasteiger partial charge in [0.05, 0.1) is 6.10 Å². The van der Waals surface area contributed by atoms with Crippen LogP contribution in [0.4, 0.5) is 0 Å². The molecule has 4 rings (SSSR count). The van der Waals surface area contributed by atoms with Gasteiger partial charge < -0.3 is 20.2 Å². The Morgan fingerprint density at radius 3 is 1.86 bits per heavy atom. The minimum atomic E-state index is -0.982. The van der Waals surface area contributed by atoms with Gasteiger partial charge in [0, 0.05) is 12.5 Å². The molecule has 3 aromatic carbocycles. The van der Waals surface area contributed by atoms with Gasteiger partial charge in [-0.1, -0.05) is 91.9 Å². The summed E-state index contributed by atoms with van der Waals surface area (Å²) in [6, 6.07) is 28.3. The molecule has 3 N–H and O–H groups in total. The highest BCUT2D eigenvalue weighted by molar-refractivity contribution is 5.37. The van der Waals surface area contributed by atoms with Crippen LogP contribution in [0.15, 0.2) is 84.9 Å². The van der Waals surface area contributed by atoms with E-state index in [-0.39, 0.29) is 18.4 Å². The molecule has 0 radical (unpaired) electrons. The van der Waals surface area contributed by atoms with E-state index in [0.717, 1.165) is 74.0 Å². The summed E-state index contributed by atoms with van der Waals surface area (Å²) >= 11 is 0. The van der Waals surface area contributed by atoms with Crippen LogP contribution < -0.4 is 0 Å². The third-order valence-corrected chi connectivity index (χ3v) is 8.06. The van der Waals surface area contributed by atoms with Gasteiger partial charge in [-0.15, -0.1) is 0 Å². The maximum atomic E-state index is 12.1. The average molecular weight is 488 g/mol. The fraction of sp³-hybridized carbons (Fsp3) is 0.438. The molecule has 1 saturated heterocycles. The van der Waals surface area contributed by atoms with Gasteiger partial charge in [0.25, 0.3) is 0 Å². The summed E-state index contributed by atoms with van der Waals surface area (Å²) in [6.45, 7) is 5.10. The lowest BCUT2D eigenvalue weighted by atomic mass is 9.72. The summed E-state index contributed by atoms with van der Waals surface area (Å²) in [5, 5.41) is 32.3. The summed E-state index contributed by atoms with van der Waals surface area (Å²) in [7, 11) is 0. The first-order valence-corrected chi connectivity index (χ1v) is 13.5. The smallest absolute Gasteiger partial charge is 0.117 e. The zero-order valence-electron chi connectivity index (χ0n) is 21.5. The van der Waals surface area contributed by atoms with E-state index in [0.29, 0.717) is 0 Å². The van der Waals surface area contributed by atoms with Gasteiger partial charge in [-0.3, -0.25) is 0 Å². The zero-order chi connectivity index (χ0) is 25.4. The van der Waals surface area contributed by atoms with E-state index in [1.807, 2.05) is 84.9 Å². The summed E-state index contributed by atoms with van der Waals surface area (Å²) in [6.07, 6.45) is 3.98. The first kappa shape index (κ1) is 26.6. The summed E-state index contributed by atoms with van der Waals surface area (Å²) in [5.41, 5.74) is 3.02. The summed E-state index contributed by atoms with van der Waals surface area (Å²) in [5.74, 6) is 0.328. The average Bonchev–Trinajstić information content (AvgIpc) is 2.95. The molecule has 3 aromatic rings. The summed E-state index contributed by atoms with van der Waals surface area (Å²) in [4.78, 5) is 2.47. The zero-order valence-corrected chi connectivity index (χ0v) is 21.5. The van der Waals surface area contributed by atoms with Gasteiger partial charge in [0.15, 0.2) is 0 Å². The van der Waals surface area contributed by atoms with Crippen molar-refractivity contribution in [3.63, 3.8) is 0 Å². The van der Waals surface area contributed by atoms with Crippen LogP contribution in [-0.4, -0.2) is 46.5 Å². The number of aliphatic hydroxyl groups excluding tert-OH is 2. The van der Waals surface area contributed by atoms with Crippen molar-refractivity contribution in [3.05, 3.63) is 107 Å². The summed E-state index contributed by atoms with van der Waals surface area (Å²) < 4.78 is 0. The molecule has 4 heteroatoms. The van der Waals surface area contributed by atoms with Gasteiger partial charge >= 0.3 is 0 Å². The van der Waals surface area contributed by atoms with Crippen molar-refractivity contribution in [2.24, 2.45) is 5.92 Å². The molecule has 1 fully saturated rings. The maximum Gasteiger partial charge on any atom is 0.117 e. The number of hydrogen-bond acceptors (Lipinski definition) is 4. The Hall–Kier alpha value is -2.50. The second-order valence-electron chi connectivity index (χ2n) is 10.2. The number of nitrogens with zero attached hydrogens (tertiary/aromatic N) is 1. The molecule has 192 valence electrons. The third kappa shape index (κ3) is 6.07. The van der Waals surface area contributed by atoms with Crippen molar-refractivity contribution in [2.75, 3.05) is 26.2 Å². The number of likely N-dealkylation sites (tertiary alicyclic amines) is 1. The van der Waals surface area contributed by atoms with E-state index < -0.39 is 11.7 Å². The predicted octanol–water partition coefficient (Wildman–Crippen LogP) is 5.63. The SMILES string of the molecule is CCC(CO)c1ccc(C(O)CCCN2CCC(C(O)(c3ccccc3)c3ccccc3)CC2)cc1. The van der Waals surface area contributed by atoms with Crippen molar-refractivity contribution >= 4 is 0 Å². The number of hydrogen-bond donors (Lipinski definition) is 3. The van der Waals surface area contributed by atoms with Crippen molar-refractivity contribution in [1.82, 2.24) is 4.90 Å². The standard InChI is InChI=1S/C32H41NO3/c1-2-25(24-34)26-15-17-27(18-16-26)31(35)14-9-21-33-22-19-30(20-23-33)32(36,28-10-5-3-6-11-28)29-12-7-4-8-13-29/h3-8,10-13,15-18,25,30-31,34-36H,2,9,14,19-24H2,1H3. The lowest BCUT2D eigenvalue weighted by Gasteiger charge is -2.42. The Labute approximate surface area is 216 Å². The number of aliphatic hydroxyl groups is 3. The molecule has 0 amide bonds. The molecule has 1 aliphatic rings. The van der Waals surface area contributed by atoms with E-state index in [1.165, 1.54) is 0 Å².